The van der Waals surface area contributed by atoms with Gasteiger partial charge in [-0.1, -0.05) is 11.1 Å². The van der Waals surface area contributed by atoms with E-state index in [4.69, 9.17) is 16.7 Å². The summed E-state index contributed by atoms with van der Waals surface area (Å²) in [5.74, 6) is 4.10. The maximum absolute atomic E-state index is 10.4. The van der Waals surface area contributed by atoms with Gasteiger partial charge in [0.2, 0.25) is 0 Å². The van der Waals surface area contributed by atoms with Crippen molar-refractivity contribution in [1.82, 2.24) is 0 Å². The molecule has 0 aliphatic heterocycles. The Hall–Kier alpha value is -2.48. The Bertz CT molecular complexity index is 452. The minimum atomic E-state index is -0.685. The topological polar surface area (TPSA) is 102 Å². The van der Waals surface area contributed by atoms with Gasteiger partial charge in [-0.15, -0.1) is 0 Å². The minimum Gasteiger partial charge on any atom is -0.409 e. The molecule has 5 N–H and O–H groups in total. The number of amides is 1. The molecule has 5 nitrogen and oxygen atoms in total. The van der Waals surface area contributed by atoms with Crippen LogP contribution in [0.25, 0.3) is 0 Å². The fourth-order valence-corrected chi connectivity index (χ4v) is 0.916. The molecule has 1 aromatic rings. The van der Waals surface area contributed by atoms with Crippen LogP contribution < -0.4 is 11.5 Å². The van der Waals surface area contributed by atoms with Crippen LogP contribution in [0.1, 0.15) is 11.1 Å². The molecule has 15 heavy (non-hydrogen) atoms. The van der Waals surface area contributed by atoms with Crippen LogP contribution in [0.3, 0.4) is 0 Å². The van der Waals surface area contributed by atoms with E-state index in [0.717, 1.165) is 0 Å². The van der Waals surface area contributed by atoms with E-state index < -0.39 is 5.91 Å². The molecule has 0 saturated heterocycles. The second kappa shape index (κ2) is 4.67. The summed E-state index contributed by atoms with van der Waals surface area (Å²) in [6.45, 7) is 0. The second-order valence-corrected chi connectivity index (χ2v) is 2.68. The first kappa shape index (κ1) is 10.6. The molecule has 0 fully saturated rings. The summed E-state index contributed by atoms with van der Waals surface area (Å²) in [6.07, 6.45) is 0. The van der Waals surface area contributed by atoms with Crippen LogP contribution >= 0.6 is 0 Å². The third-order valence-corrected chi connectivity index (χ3v) is 1.62. The van der Waals surface area contributed by atoms with Gasteiger partial charge in [-0.05, 0) is 30.2 Å². The molecule has 0 unspecified atom stereocenters. The summed E-state index contributed by atoms with van der Waals surface area (Å²) in [6, 6.07) is 6.53. The number of nitrogens with zero attached hydrogens (tertiary/aromatic N) is 1. The van der Waals surface area contributed by atoms with Crippen LogP contribution in [-0.2, 0) is 4.79 Å². The molecular weight excluding hydrogens is 194 g/mol. The monoisotopic (exact) mass is 203 g/mol. The highest BCUT2D eigenvalue weighted by atomic mass is 16.4. The van der Waals surface area contributed by atoms with Crippen LogP contribution in [0, 0.1) is 11.8 Å². The average molecular weight is 203 g/mol. The highest BCUT2D eigenvalue weighted by Crippen LogP contribution is 2.02. The zero-order valence-electron chi connectivity index (χ0n) is 7.77. The highest BCUT2D eigenvalue weighted by Gasteiger charge is 1.97. The van der Waals surface area contributed by atoms with Crippen molar-refractivity contribution in [2.75, 3.05) is 0 Å². The summed E-state index contributed by atoms with van der Waals surface area (Å²) >= 11 is 0. The summed E-state index contributed by atoms with van der Waals surface area (Å²) < 4.78 is 0. The second-order valence-electron chi connectivity index (χ2n) is 2.68. The quantitative estimate of drug-likeness (QED) is 0.190. The molecule has 0 bridgehead atoms. The van der Waals surface area contributed by atoms with Gasteiger partial charge in [-0.2, -0.15) is 0 Å². The van der Waals surface area contributed by atoms with Gasteiger partial charge in [0.1, 0.15) is 0 Å². The van der Waals surface area contributed by atoms with Crippen LogP contribution in [-0.4, -0.2) is 17.0 Å². The zero-order chi connectivity index (χ0) is 11.3. The Kier molecular flexibility index (Phi) is 3.30. The van der Waals surface area contributed by atoms with Gasteiger partial charge in [-0.25, -0.2) is 0 Å². The number of primary amides is 1. The van der Waals surface area contributed by atoms with Crippen LogP contribution in [0.4, 0.5) is 0 Å². The van der Waals surface area contributed by atoms with Gasteiger partial charge >= 0.3 is 0 Å². The van der Waals surface area contributed by atoms with Gasteiger partial charge in [0.05, 0.1) is 0 Å². The predicted molar refractivity (Wildman–Crippen MR) is 55.0 cm³/mol. The molecule has 0 aliphatic rings. The zero-order valence-corrected chi connectivity index (χ0v) is 7.77. The molecule has 0 radical (unpaired) electrons. The number of hydrogen-bond acceptors (Lipinski definition) is 3. The van der Waals surface area contributed by atoms with Gasteiger partial charge in [0.25, 0.3) is 5.91 Å². The fourth-order valence-electron chi connectivity index (χ4n) is 0.916. The summed E-state index contributed by atoms with van der Waals surface area (Å²) in [4.78, 5) is 10.4. The van der Waals surface area contributed by atoms with Gasteiger partial charge in [0, 0.05) is 11.1 Å². The van der Waals surface area contributed by atoms with E-state index in [1.54, 1.807) is 24.3 Å². The molecule has 5 heteroatoms. The summed E-state index contributed by atoms with van der Waals surface area (Å²) in [5, 5.41) is 11.3. The number of rotatable bonds is 1. The lowest BCUT2D eigenvalue weighted by Crippen LogP contribution is -2.12. The standard InChI is InChI=1S/C10H9N3O2/c11-9(14)6-3-7-1-4-8(5-2-7)10(12)13-15/h1-2,4-5,15H,(H2,11,14)(H2,12,13). The van der Waals surface area contributed by atoms with Crippen molar-refractivity contribution < 1.29 is 10.0 Å². The Morgan fingerprint density at radius 1 is 1.27 bits per heavy atom. The Morgan fingerprint density at radius 2 is 1.87 bits per heavy atom. The van der Waals surface area contributed by atoms with E-state index in [1.807, 2.05) is 0 Å². The number of oxime groups is 1. The van der Waals surface area contributed by atoms with Crippen molar-refractivity contribution in [2.45, 2.75) is 0 Å². The predicted octanol–water partition coefficient (Wildman–Crippen LogP) is -0.382. The lowest BCUT2D eigenvalue weighted by Gasteiger charge is -1.97. The molecule has 0 spiro atoms. The minimum absolute atomic E-state index is 0.0180. The third kappa shape index (κ3) is 3.04. The lowest BCUT2D eigenvalue weighted by molar-refractivity contribution is -0.112. The number of carbonyl (C=O) groups excluding carboxylic acids is 1. The number of hydrogen-bond donors (Lipinski definition) is 3. The molecule has 0 saturated carbocycles. The molecule has 1 aromatic carbocycles. The van der Waals surface area contributed by atoms with E-state index in [9.17, 15) is 4.79 Å². The molecule has 1 rings (SSSR count). The van der Waals surface area contributed by atoms with Gasteiger partial charge in [0.15, 0.2) is 5.84 Å². The van der Waals surface area contributed by atoms with Crippen molar-refractivity contribution in [2.24, 2.45) is 16.6 Å². The smallest absolute Gasteiger partial charge is 0.293 e. The van der Waals surface area contributed by atoms with Crippen molar-refractivity contribution in [1.29, 1.82) is 0 Å². The molecule has 0 atom stereocenters. The SMILES string of the molecule is NC(=O)C#Cc1ccc(C(N)=NO)cc1. The molecular formula is C10H9N3O2. The molecule has 76 valence electrons. The number of nitrogens with two attached hydrogens (primary N) is 2. The lowest BCUT2D eigenvalue weighted by atomic mass is 10.1. The molecule has 0 heterocycles. The van der Waals surface area contributed by atoms with Crippen molar-refractivity contribution in [3.8, 4) is 11.8 Å². The number of amidine groups is 1. The Balaban J connectivity index is 2.92. The van der Waals surface area contributed by atoms with Crippen molar-refractivity contribution >= 4 is 11.7 Å². The fraction of sp³-hybridized carbons (Fsp3) is 0. The highest BCUT2D eigenvalue weighted by molar-refractivity contribution is 5.97. The van der Waals surface area contributed by atoms with Crippen molar-refractivity contribution in [3.05, 3.63) is 35.4 Å². The Morgan fingerprint density at radius 3 is 2.33 bits per heavy atom. The summed E-state index contributed by atoms with van der Waals surface area (Å²) in [7, 11) is 0. The van der Waals surface area contributed by atoms with E-state index >= 15 is 0 Å². The third-order valence-electron chi connectivity index (χ3n) is 1.62. The van der Waals surface area contributed by atoms with Crippen LogP contribution in [0.5, 0.6) is 0 Å². The molecule has 1 amide bonds. The van der Waals surface area contributed by atoms with Crippen LogP contribution in [0.2, 0.25) is 0 Å². The van der Waals surface area contributed by atoms with E-state index in [0.29, 0.717) is 11.1 Å². The first-order valence-electron chi connectivity index (χ1n) is 4.03. The maximum atomic E-state index is 10.4. The summed E-state index contributed by atoms with van der Waals surface area (Å²) in [5.41, 5.74) is 11.4. The van der Waals surface area contributed by atoms with E-state index in [1.165, 1.54) is 0 Å². The van der Waals surface area contributed by atoms with E-state index in [-0.39, 0.29) is 5.84 Å². The van der Waals surface area contributed by atoms with Gasteiger partial charge in [-0.3, -0.25) is 4.79 Å². The normalized spacial score (nSPS) is 10.3. The largest absolute Gasteiger partial charge is 0.409 e. The maximum Gasteiger partial charge on any atom is 0.293 e. The van der Waals surface area contributed by atoms with Crippen LogP contribution in [0.15, 0.2) is 29.4 Å². The Labute approximate surface area is 86.4 Å². The molecule has 0 aromatic heterocycles. The van der Waals surface area contributed by atoms with Gasteiger partial charge < -0.3 is 16.7 Å². The molecule has 0 aliphatic carbocycles. The van der Waals surface area contributed by atoms with E-state index in [2.05, 4.69) is 17.0 Å². The number of carbonyl (C=O) groups is 1. The first-order valence-corrected chi connectivity index (χ1v) is 4.03. The average Bonchev–Trinajstić information content (AvgIpc) is 2.26. The number of benzene rings is 1. The van der Waals surface area contributed by atoms with Crippen molar-refractivity contribution in [3.63, 3.8) is 0 Å². The first-order chi connectivity index (χ1) is 7.13.